The van der Waals surface area contributed by atoms with Gasteiger partial charge in [-0.15, -0.1) is 0 Å². The van der Waals surface area contributed by atoms with E-state index in [0.29, 0.717) is 12.1 Å². The van der Waals surface area contributed by atoms with Gasteiger partial charge in [-0.3, -0.25) is 4.79 Å². The van der Waals surface area contributed by atoms with Gasteiger partial charge in [-0.05, 0) is 45.4 Å². The van der Waals surface area contributed by atoms with E-state index in [0.717, 1.165) is 6.07 Å². The van der Waals surface area contributed by atoms with Crippen molar-refractivity contribution in [1.82, 2.24) is 5.32 Å². The summed E-state index contributed by atoms with van der Waals surface area (Å²) in [5.74, 6) is -1.03. The third-order valence-electron chi connectivity index (χ3n) is 3.46. The van der Waals surface area contributed by atoms with Gasteiger partial charge in [-0.2, -0.15) is 26.3 Å². The number of rotatable bonds is 6. The van der Waals surface area contributed by atoms with E-state index in [9.17, 15) is 35.3 Å². The number of amides is 1. The fourth-order valence-electron chi connectivity index (χ4n) is 1.81. The second-order valence-corrected chi connectivity index (χ2v) is 8.81. The largest absolute Gasteiger partial charge is 0.416 e. The zero-order valence-corrected chi connectivity index (χ0v) is 16.2. The Bertz CT molecular complexity index is 766. The Kier molecular flexibility index (Phi) is 7.32. The number of carbonyl (C=O) groups excluding carboxylic acids is 1. The lowest BCUT2D eigenvalue weighted by atomic mass is 10.1. The van der Waals surface area contributed by atoms with Gasteiger partial charge in [0.05, 0.1) is 21.6 Å². The predicted molar refractivity (Wildman–Crippen MR) is 95.1 cm³/mol. The van der Waals surface area contributed by atoms with Crippen molar-refractivity contribution in [3.05, 3.63) is 41.5 Å². The number of anilines is 1. The van der Waals surface area contributed by atoms with E-state index in [1.165, 1.54) is 0 Å². The predicted octanol–water partition coefficient (Wildman–Crippen LogP) is 4.82. The molecule has 0 heterocycles. The maximum Gasteiger partial charge on any atom is 0.416 e. The summed E-state index contributed by atoms with van der Waals surface area (Å²) in [7, 11) is -1.74. The highest BCUT2D eigenvalue weighted by Gasteiger charge is 2.33. The molecular formula is C17H20F6N2O2S. The van der Waals surface area contributed by atoms with Crippen LogP contribution in [0.1, 0.15) is 43.1 Å². The van der Waals surface area contributed by atoms with Gasteiger partial charge in [-0.1, -0.05) is 6.58 Å². The van der Waals surface area contributed by atoms with Gasteiger partial charge in [0.1, 0.15) is 11.0 Å². The van der Waals surface area contributed by atoms with Crippen molar-refractivity contribution in [2.75, 3.05) is 11.3 Å². The van der Waals surface area contributed by atoms with Gasteiger partial charge >= 0.3 is 12.4 Å². The smallest absolute Gasteiger partial charge is 0.352 e. The molecule has 1 aromatic carbocycles. The summed E-state index contributed by atoms with van der Waals surface area (Å²) in [6, 6.07) is 2.22. The van der Waals surface area contributed by atoms with E-state index in [2.05, 4.69) is 16.6 Å². The molecule has 28 heavy (non-hydrogen) atoms. The molecule has 4 nitrogen and oxygen atoms in total. The lowest BCUT2D eigenvalue weighted by Gasteiger charge is -2.21. The van der Waals surface area contributed by atoms with E-state index >= 15 is 0 Å². The number of hydrogen-bond acceptors (Lipinski definition) is 2. The molecule has 0 aliphatic rings. The van der Waals surface area contributed by atoms with Crippen LogP contribution < -0.4 is 10.0 Å². The molecule has 0 bridgehead atoms. The van der Waals surface area contributed by atoms with Gasteiger partial charge in [0.2, 0.25) is 0 Å². The first-order valence-electron chi connectivity index (χ1n) is 7.96. The van der Waals surface area contributed by atoms with Crippen molar-refractivity contribution < 1.29 is 35.3 Å². The molecule has 11 heteroatoms. The van der Waals surface area contributed by atoms with E-state index in [-0.39, 0.29) is 5.69 Å². The first kappa shape index (κ1) is 24.0. The molecule has 0 aromatic heterocycles. The maximum absolute atomic E-state index is 13.0. The van der Waals surface area contributed by atoms with Crippen LogP contribution in [0.25, 0.3) is 0 Å². The topological polar surface area (TPSA) is 58.2 Å². The number of alkyl halides is 6. The Labute approximate surface area is 161 Å². The maximum atomic E-state index is 13.0. The monoisotopic (exact) mass is 430 g/mol. The van der Waals surface area contributed by atoms with Crippen molar-refractivity contribution in [2.24, 2.45) is 0 Å². The summed E-state index contributed by atoms with van der Waals surface area (Å²) in [4.78, 5) is 12.3. The molecule has 0 spiro atoms. The van der Waals surface area contributed by atoms with E-state index < -0.39 is 63.7 Å². The molecule has 0 saturated carbocycles. The van der Waals surface area contributed by atoms with Crippen LogP contribution >= 0.6 is 0 Å². The Hall–Kier alpha value is -2.04. The third-order valence-corrected chi connectivity index (χ3v) is 4.98. The van der Waals surface area contributed by atoms with Gasteiger partial charge in [0.25, 0.3) is 5.91 Å². The van der Waals surface area contributed by atoms with Gasteiger partial charge in [-0.25, -0.2) is 4.21 Å². The van der Waals surface area contributed by atoms with Crippen molar-refractivity contribution in [3.63, 3.8) is 0 Å². The Morgan fingerprint density at radius 1 is 1.11 bits per heavy atom. The molecule has 0 aliphatic carbocycles. The first-order valence-corrected chi connectivity index (χ1v) is 9.11. The Balaban J connectivity index is 3.09. The fraction of sp³-hybridized carbons (Fsp3) is 0.471. The summed E-state index contributed by atoms with van der Waals surface area (Å²) in [6.07, 6.45) is -9.98. The van der Waals surface area contributed by atoms with Crippen LogP contribution in [0.4, 0.5) is 32.0 Å². The molecule has 0 saturated heterocycles. The summed E-state index contributed by atoms with van der Waals surface area (Å²) in [6.45, 7) is 7.21. The molecular weight excluding hydrogens is 410 g/mol. The number of nitrogens with one attached hydrogen (secondary N) is 2. The summed E-state index contributed by atoms with van der Waals surface area (Å²) in [5.41, 5.74) is -2.81. The van der Waals surface area contributed by atoms with Gasteiger partial charge in [0.15, 0.2) is 0 Å². The number of hydrogen-bond donors (Lipinski definition) is 2. The van der Waals surface area contributed by atoms with Crippen molar-refractivity contribution >= 4 is 22.6 Å². The standard InChI is InChI=1S/C17H20F6N2O2S/c1-10(16(18,19)20)7-8-24-14(26)12-9-11(17(21,22)23)5-6-13(12)25-28(27)15(2,3)4/h5-6,9,25H,1,7-8H2,2-4H3,(H,24,26). The van der Waals surface area contributed by atoms with Crippen LogP contribution in [0.5, 0.6) is 0 Å². The molecule has 1 unspecified atom stereocenters. The SMILES string of the molecule is C=C(CCNC(=O)c1cc(C(F)(F)F)ccc1NS(=O)C(C)(C)C)C(F)(F)F. The Morgan fingerprint density at radius 3 is 2.14 bits per heavy atom. The van der Waals surface area contributed by atoms with E-state index in [4.69, 9.17) is 0 Å². The lowest BCUT2D eigenvalue weighted by Crippen LogP contribution is -2.30. The average molecular weight is 430 g/mol. The van der Waals surface area contributed by atoms with Crippen LogP contribution in [0.2, 0.25) is 0 Å². The molecule has 1 rings (SSSR count). The third kappa shape index (κ3) is 6.84. The van der Waals surface area contributed by atoms with Crippen molar-refractivity contribution in [2.45, 2.75) is 44.3 Å². The zero-order chi connectivity index (χ0) is 21.9. The molecule has 1 aromatic rings. The number of benzene rings is 1. The number of carbonyl (C=O) groups is 1. The van der Waals surface area contributed by atoms with Crippen LogP contribution in [-0.4, -0.2) is 27.6 Å². The second kappa shape index (κ2) is 8.54. The molecule has 158 valence electrons. The average Bonchev–Trinajstić information content (AvgIpc) is 2.51. The summed E-state index contributed by atoms with van der Waals surface area (Å²) in [5, 5.41) is 2.13. The Morgan fingerprint density at radius 2 is 1.68 bits per heavy atom. The van der Waals surface area contributed by atoms with Gasteiger partial charge in [0, 0.05) is 12.1 Å². The minimum atomic E-state index is -4.73. The minimum absolute atomic E-state index is 0.131. The molecule has 1 atom stereocenters. The fourth-order valence-corrected chi connectivity index (χ4v) is 2.50. The van der Waals surface area contributed by atoms with E-state index in [1.807, 2.05) is 0 Å². The highest BCUT2D eigenvalue weighted by Crippen LogP contribution is 2.32. The molecule has 0 aliphatic heterocycles. The summed E-state index contributed by atoms with van der Waals surface area (Å²) < 4.78 is 90.0. The minimum Gasteiger partial charge on any atom is -0.352 e. The zero-order valence-electron chi connectivity index (χ0n) is 15.3. The molecule has 1 amide bonds. The van der Waals surface area contributed by atoms with E-state index in [1.54, 1.807) is 20.8 Å². The lowest BCUT2D eigenvalue weighted by molar-refractivity contribution is -0.137. The van der Waals surface area contributed by atoms with Crippen molar-refractivity contribution in [3.8, 4) is 0 Å². The normalized spacial score (nSPS) is 13.8. The highest BCUT2D eigenvalue weighted by atomic mass is 32.2. The molecule has 0 fully saturated rings. The highest BCUT2D eigenvalue weighted by molar-refractivity contribution is 7.87. The van der Waals surface area contributed by atoms with Gasteiger partial charge < -0.3 is 10.0 Å². The number of halogens is 6. The van der Waals surface area contributed by atoms with Crippen LogP contribution in [0, 0.1) is 0 Å². The molecule has 0 radical (unpaired) electrons. The van der Waals surface area contributed by atoms with Crippen LogP contribution in [-0.2, 0) is 17.2 Å². The quantitative estimate of drug-likeness (QED) is 0.502. The van der Waals surface area contributed by atoms with Crippen LogP contribution in [0.3, 0.4) is 0 Å². The van der Waals surface area contributed by atoms with Crippen molar-refractivity contribution in [1.29, 1.82) is 0 Å². The molecule has 2 N–H and O–H groups in total. The second-order valence-electron chi connectivity index (χ2n) is 6.85. The first-order chi connectivity index (χ1) is 12.5. The summed E-state index contributed by atoms with van der Waals surface area (Å²) >= 11 is 0. The van der Waals surface area contributed by atoms with Crippen LogP contribution in [0.15, 0.2) is 30.4 Å².